The summed E-state index contributed by atoms with van der Waals surface area (Å²) in [6, 6.07) is 9.49. The topological polar surface area (TPSA) is 197 Å². The zero-order chi connectivity index (χ0) is 43.3. The van der Waals surface area contributed by atoms with Gasteiger partial charge in [0.25, 0.3) is 0 Å². The third kappa shape index (κ3) is 43.3. The van der Waals surface area contributed by atoms with E-state index >= 15 is 0 Å². The molecule has 2 amide bonds. The van der Waals surface area contributed by atoms with E-state index in [-0.39, 0.29) is 6.61 Å². The first-order valence-electron chi connectivity index (χ1n) is 20.8. The van der Waals surface area contributed by atoms with E-state index in [9.17, 15) is 9.59 Å². The summed E-state index contributed by atoms with van der Waals surface area (Å²) in [5, 5.41) is 5.27. The van der Waals surface area contributed by atoms with Gasteiger partial charge < -0.3 is 81.7 Å². The number of carbonyl (C=O) groups excluding carboxylic acids is 2. The number of hydrogen-bond acceptors (Lipinski definition) is 17. The lowest BCUT2D eigenvalue weighted by atomic mass is 10.2. The van der Waals surface area contributed by atoms with Crippen LogP contribution in [0.25, 0.3) is 0 Å². The van der Waals surface area contributed by atoms with E-state index in [1.54, 1.807) is 0 Å². The standard InChI is InChI=1S/C41H74N2O17/c1-41(2,3)60-40(45)43-10-12-47-14-16-49-18-20-51-22-24-53-26-28-55-30-32-57-34-36-58-35-33-56-31-29-54-27-25-52-23-21-50-19-17-48-15-13-46-11-9-42-39(44)59-37-38-7-5-4-6-8-38/h4-8H,9-37H2,1-3H3,(H,42,44)(H,43,45). The average Bonchev–Trinajstić information content (AvgIpc) is 3.23. The summed E-state index contributed by atoms with van der Waals surface area (Å²) >= 11 is 0. The number of amides is 2. The predicted molar refractivity (Wildman–Crippen MR) is 220 cm³/mol. The van der Waals surface area contributed by atoms with Gasteiger partial charge in [-0.1, -0.05) is 30.3 Å². The lowest BCUT2D eigenvalue weighted by molar-refractivity contribution is -0.0290. The van der Waals surface area contributed by atoms with E-state index in [4.69, 9.17) is 71.1 Å². The van der Waals surface area contributed by atoms with Gasteiger partial charge in [0.2, 0.25) is 0 Å². The van der Waals surface area contributed by atoms with Gasteiger partial charge in [0.1, 0.15) is 12.2 Å². The molecular weight excluding hydrogens is 792 g/mol. The quantitative estimate of drug-likeness (QED) is 0.0908. The number of hydrogen-bond donors (Lipinski definition) is 2. The van der Waals surface area contributed by atoms with Gasteiger partial charge in [-0.3, -0.25) is 0 Å². The van der Waals surface area contributed by atoms with E-state index in [0.29, 0.717) is 185 Å². The van der Waals surface area contributed by atoms with Gasteiger partial charge in [0.15, 0.2) is 0 Å². The lowest BCUT2D eigenvalue weighted by Gasteiger charge is -2.19. The van der Waals surface area contributed by atoms with E-state index < -0.39 is 17.8 Å². The predicted octanol–water partition coefficient (Wildman–Crippen LogP) is 2.65. The molecule has 2 N–H and O–H groups in total. The number of ether oxygens (including phenoxy) is 15. The fourth-order valence-corrected chi connectivity index (χ4v) is 4.28. The molecule has 0 unspecified atom stereocenters. The number of carbonyl (C=O) groups is 2. The minimum Gasteiger partial charge on any atom is -0.445 e. The Morgan fingerprint density at radius 2 is 0.633 bits per heavy atom. The molecule has 19 heteroatoms. The zero-order valence-electron chi connectivity index (χ0n) is 36.3. The van der Waals surface area contributed by atoms with Crippen molar-refractivity contribution in [2.45, 2.75) is 33.0 Å². The zero-order valence-corrected chi connectivity index (χ0v) is 36.3. The second-order valence-electron chi connectivity index (χ2n) is 13.4. The molecule has 0 bridgehead atoms. The fraction of sp³-hybridized carbons (Fsp3) is 0.805. The highest BCUT2D eigenvalue weighted by atomic mass is 16.6. The van der Waals surface area contributed by atoms with Crippen LogP contribution in [0.15, 0.2) is 30.3 Å². The first-order valence-corrected chi connectivity index (χ1v) is 20.8. The normalized spacial score (nSPS) is 11.5. The molecule has 0 heterocycles. The maximum atomic E-state index is 11.7. The molecular formula is C41H74N2O17. The van der Waals surface area contributed by atoms with Gasteiger partial charge in [-0.2, -0.15) is 0 Å². The fourth-order valence-electron chi connectivity index (χ4n) is 4.28. The van der Waals surface area contributed by atoms with Crippen molar-refractivity contribution in [2.75, 3.05) is 185 Å². The third-order valence-electron chi connectivity index (χ3n) is 7.11. The molecule has 350 valence electrons. The van der Waals surface area contributed by atoms with E-state index in [1.165, 1.54) is 0 Å². The van der Waals surface area contributed by atoms with Gasteiger partial charge in [-0.15, -0.1) is 0 Å². The molecule has 0 fully saturated rings. The van der Waals surface area contributed by atoms with Crippen LogP contribution in [0.1, 0.15) is 26.3 Å². The molecule has 1 aromatic carbocycles. The molecule has 0 atom stereocenters. The molecule has 19 nitrogen and oxygen atoms in total. The number of rotatable bonds is 44. The minimum absolute atomic E-state index is 0.232. The van der Waals surface area contributed by atoms with E-state index in [2.05, 4.69) is 10.6 Å². The second-order valence-corrected chi connectivity index (χ2v) is 13.4. The highest BCUT2D eigenvalue weighted by Gasteiger charge is 2.15. The van der Waals surface area contributed by atoms with Crippen molar-refractivity contribution in [1.82, 2.24) is 10.6 Å². The molecule has 1 rings (SSSR count). The van der Waals surface area contributed by atoms with Crippen LogP contribution in [-0.4, -0.2) is 203 Å². The Morgan fingerprint density at radius 1 is 0.383 bits per heavy atom. The molecule has 0 aliphatic rings. The van der Waals surface area contributed by atoms with Crippen LogP contribution in [-0.2, 0) is 77.7 Å². The Hall–Kier alpha value is -2.76. The smallest absolute Gasteiger partial charge is 0.407 e. The molecule has 60 heavy (non-hydrogen) atoms. The van der Waals surface area contributed by atoms with Crippen LogP contribution in [0, 0.1) is 0 Å². The second kappa shape index (κ2) is 42.9. The molecule has 0 radical (unpaired) electrons. The first-order chi connectivity index (χ1) is 29.4. The molecule has 0 saturated carbocycles. The first kappa shape index (κ1) is 55.3. The third-order valence-corrected chi connectivity index (χ3v) is 7.11. The minimum atomic E-state index is -0.518. The van der Waals surface area contributed by atoms with Gasteiger partial charge in [0, 0.05) is 13.1 Å². The van der Waals surface area contributed by atoms with Crippen molar-refractivity contribution in [3.63, 3.8) is 0 Å². The number of alkyl carbamates (subject to hydrolysis) is 2. The van der Waals surface area contributed by atoms with Gasteiger partial charge >= 0.3 is 12.2 Å². The van der Waals surface area contributed by atoms with Crippen molar-refractivity contribution >= 4 is 12.2 Å². The lowest BCUT2D eigenvalue weighted by Crippen LogP contribution is -2.34. The van der Waals surface area contributed by atoms with Crippen LogP contribution in [0.4, 0.5) is 9.59 Å². The maximum absolute atomic E-state index is 11.7. The Bertz CT molecular complexity index is 1070. The largest absolute Gasteiger partial charge is 0.445 e. The summed E-state index contributed by atoms with van der Waals surface area (Å²) in [5.41, 5.74) is 0.415. The van der Waals surface area contributed by atoms with E-state index in [0.717, 1.165) is 5.56 Å². The Labute approximate surface area is 356 Å². The van der Waals surface area contributed by atoms with Gasteiger partial charge in [-0.25, -0.2) is 9.59 Å². The number of nitrogens with one attached hydrogen (secondary N) is 2. The van der Waals surface area contributed by atoms with Gasteiger partial charge in [-0.05, 0) is 26.3 Å². The number of benzene rings is 1. The van der Waals surface area contributed by atoms with Crippen LogP contribution in [0.5, 0.6) is 0 Å². The van der Waals surface area contributed by atoms with Crippen molar-refractivity contribution < 1.29 is 80.6 Å². The Kier molecular flexibility index (Phi) is 39.5. The molecule has 0 aromatic heterocycles. The summed E-state index contributed by atoms with van der Waals surface area (Å²) in [4.78, 5) is 23.2. The molecule has 0 aliphatic carbocycles. The molecule has 1 aromatic rings. The van der Waals surface area contributed by atoms with Gasteiger partial charge in [0.05, 0.1) is 172 Å². The maximum Gasteiger partial charge on any atom is 0.407 e. The monoisotopic (exact) mass is 866 g/mol. The summed E-state index contributed by atoms with van der Waals surface area (Å²) in [6.45, 7) is 18.5. The van der Waals surface area contributed by atoms with E-state index in [1.807, 2.05) is 51.1 Å². The summed E-state index contributed by atoms with van der Waals surface area (Å²) in [7, 11) is 0. The summed E-state index contributed by atoms with van der Waals surface area (Å²) < 4.78 is 81.4. The van der Waals surface area contributed by atoms with Crippen LogP contribution >= 0.6 is 0 Å². The summed E-state index contributed by atoms with van der Waals surface area (Å²) in [5.74, 6) is 0. The summed E-state index contributed by atoms with van der Waals surface area (Å²) in [6.07, 6.45) is -0.931. The van der Waals surface area contributed by atoms with Crippen LogP contribution in [0.3, 0.4) is 0 Å². The SMILES string of the molecule is CC(C)(C)OC(=O)NCCOCCOCCOCCOCCOCCOCCOCCOCCOCCOCCOCCOCCOCCNC(=O)OCc1ccccc1. The highest BCUT2D eigenvalue weighted by molar-refractivity contribution is 5.67. The molecule has 0 spiro atoms. The Balaban J connectivity index is 1.63. The Morgan fingerprint density at radius 3 is 0.900 bits per heavy atom. The van der Waals surface area contributed by atoms with Crippen molar-refractivity contribution in [2.24, 2.45) is 0 Å². The highest BCUT2D eigenvalue weighted by Crippen LogP contribution is 2.06. The van der Waals surface area contributed by atoms with Crippen molar-refractivity contribution in [3.05, 3.63) is 35.9 Å². The average molecular weight is 867 g/mol. The van der Waals surface area contributed by atoms with Crippen molar-refractivity contribution in [1.29, 1.82) is 0 Å². The van der Waals surface area contributed by atoms with Crippen LogP contribution < -0.4 is 10.6 Å². The molecule has 0 aliphatic heterocycles. The van der Waals surface area contributed by atoms with Crippen LogP contribution in [0.2, 0.25) is 0 Å². The van der Waals surface area contributed by atoms with Crippen molar-refractivity contribution in [3.8, 4) is 0 Å². The molecule has 0 saturated heterocycles.